The van der Waals surface area contributed by atoms with Gasteiger partial charge in [0, 0.05) is 24.3 Å². The van der Waals surface area contributed by atoms with E-state index in [1.54, 1.807) is 5.38 Å². The summed E-state index contributed by atoms with van der Waals surface area (Å²) in [6.45, 7) is 2.81. The van der Waals surface area contributed by atoms with Crippen molar-refractivity contribution < 1.29 is 4.79 Å². The molecule has 2 aromatic rings. The minimum absolute atomic E-state index is 0.0897. The van der Waals surface area contributed by atoms with E-state index in [0.717, 1.165) is 18.0 Å². The van der Waals surface area contributed by atoms with Gasteiger partial charge in [0.1, 0.15) is 5.69 Å². The highest BCUT2D eigenvalue weighted by Gasteiger charge is 2.10. The van der Waals surface area contributed by atoms with Gasteiger partial charge >= 0.3 is 0 Å². The molecule has 0 aliphatic rings. The first-order valence-corrected chi connectivity index (χ1v) is 6.56. The molecule has 0 aliphatic heterocycles. The quantitative estimate of drug-likeness (QED) is 0.827. The summed E-state index contributed by atoms with van der Waals surface area (Å²) in [6.07, 6.45) is 5.90. The van der Waals surface area contributed by atoms with Gasteiger partial charge in [0.05, 0.1) is 0 Å². The first-order chi connectivity index (χ1) is 8.31. The maximum atomic E-state index is 11.7. The Morgan fingerprint density at radius 2 is 2.24 bits per heavy atom. The Morgan fingerprint density at radius 3 is 2.94 bits per heavy atom. The van der Waals surface area contributed by atoms with Crippen molar-refractivity contribution in [1.82, 2.24) is 14.9 Å². The second-order valence-corrected chi connectivity index (χ2v) is 4.55. The molecule has 1 amide bonds. The lowest BCUT2D eigenvalue weighted by atomic mass is 10.3. The molecule has 0 bridgehead atoms. The monoisotopic (exact) mass is 249 g/mol. The summed E-state index contributed by atoms with van der Waals surface area (Å²) in [5.41, 5.74) is 0.495. The summed E-state index contributed by atoms with van der Waals surface area (Å²) in [5, 5.41) is 5.46. The Kier molecular flexibility index (Phi) is 3.93. The predicted molar refractivity (Wildman–Crippen MR) is 68.7 cm³/mol. The summed E-state index contributed by atoms with van der Waals surface area (Å²) >= 11 is 1.47. The van der Waals surface area contributed by atoms with Crippen molar-refractivity contribution in [3.63, 3.8) is 0 Å². The summed E-state index contributed by atoms with van der Waals surface area (Å²) in [5.74, 6) is -0.0897. The van der Waals surface area contributed by atoms with Gasteiger partial charge in [0.15, 0.2) is 5.13 Å². The van der Waals surface area contributed by atoms with Gasteiger partial charge in [-0.3, -0.25) is 4.79 Å². The first-order valence-electron chi connectivity index (χ1n) is 5.68. The Bertz CT molecular complexity index is 476. The topological polar surface area (TPSA) is 46.9 Å². The van der Waals surface area contributed by atoms with E-state index in [-0.39, 0.29) is 5.91 Å². The van der Waals surface area contributed by atoms with Crippen molar-refractivity contribution in [3.05, 3.63) is 35.6 Å². The number of amides is 1. The minimum atomic E-state index is -0.0897. The zero-order valence-electron chi connectivity index (χ0n) is 9.72. The molecule has 17 heavy (non-hydrogen) atoms. The number of nitrogens with one attached hydrogen (secondary N) is 1. The Balaban J connectivity index is 2.01. The molecule has 0 saturated heterocycles. The van der Waals surface area contributed by atoms with Gasteiger partial charge in [-0.25, -0.2) is 4.98 Å². The van der Waals surface area contributed by atoms with Crippen LogP contribution in [0.4, 0.5) is 0 Å². The van der Waals surface area contributed by atoms with Crippen LogP contribution in [0.2, 0.25) is 0 Å². The number of hydrogen-bond acceptors (Lipinski definition) is 3. The second-order valence-electron chi connectivity index (χ2n) is 3.72. The number of carbonyl (C=O) groups excluding carboxylic acids is 1. The molecule has 0 aliphatic carbocycles. The fraction of sp³-hybridized carbons (Fsp3) is 0.333. The van der Waals surface area contributed by atoms with Gasteiger partial charge in [0.2, 0.25) is 0 Å². The van der Waals surface area contributed by atoms with Crippen molar-refractivity contribution in [1.29, 1.82) is 0 Å². The first kappa shape index (κ1) is 11.9. The van der Waals surface area contributed by atoms with Crippen molar-refractivity contribution in [2.45, 2.75) is 19.8 Å². The second kappa shape index (κ2) is 5.63. The predicted octanol–water partition coefficient (Wildman–Crippen LogP) is 2.46. The lowest BCUT2D eigenvalue weighted by molar-refractivity contribution is 0.0949. The van der Waals surface area contributed by atoms with Gasteiger partial charge in [0.25, 0.3) is 5.91 Å². The van der Waals surface area contributed by atoms with Crippen LogP contribution in [0, 0.1) is 0 Å². The Labute approximate surface area is 104 Å². The highest BCUT2D eigenvalue weighted by molar-refractivity contribution is 7.12. The molecule has 4 nitrogen and oxygen atoms in total. The molecule has 0 unspecified atom stereocenters. The number of unbranched alkanes of at least 4 members (excludes halogenated alkanes) is 1. The lowest BCUT2D eigenvalue weighted by Crippen LogP contribution is -2.24. The molecule has 2 rings (SSSR count). The molecule has 90 valence electrons. The molecule has 0 aromatic carbocycles. The summed E-state index contributed by atoms with van der Waals surface area (Å²) in [4.78, 5) is 16.0. The van der Waals surface area contributed by atoms with E-state index in [2.05, 4.69) is 17.2 Å². The molecular formula is C12H15N3OS. The maximum Gasteiger partial charge on any atom is 0.270 e. The van der Waals surface area contributed by atoms with Gasteiger partial charge in [-0.1, -0.05) is 13.3 Å². The Hall–Kier alpha value is -1.62. The molecule has 0 radical (unpaired) electrons. The molecule has 5 heteroatoms. The standard InChI is InChI=1S/C12H15N3OS/c1-2-3-6-13-11(16)10-9-17-12(14-10)15-7-4-5-8-15/h4-5,7-9H,2-3,6H2,1H3,(H,13,16). The third-order valence-electron chi connectivity index (χ3n) is 2.37. The van der Waals surface area contributed by atoms with Crippen LogP contribution < -0.4 is 5.32 Å². The van der Waals surface area contributed by atoms with Crippen molar-refractivity contribution in [2.75, 3.05) is 6.54 Å². The van der Waals surface area contributed by atoms with E-state index < -0.39 is 0 Å². The molecule has 0 atom stereocenters. The smallest absolute Gasteiger partial charge is 0.270 e. The van der Waals surface area contributed by atoms with Crippen LogP contribution in [0.1, 0.15) is 30.3 Å². The van der Waals surface area contributed by atoms with Crippen molar-refractivity contribution >= 4 is 17.2 Å². The number of rotatable bonds is 5. The van der Waals surface area contributed by atoms with Gasteiger partial charge < -0.3 is 9.88 Å². The molecule has 0 spiro atoms. The van der Waals surface area contributed by atoms with E-state index in [1.165, 1.54) is 11.3 Å². The van der Waals surface area contributed by atoms with Crippen LogP contribution >= 0.6 is 11.3 Å². The molecule has 0 saturated carbocycles. The highest BCUT2D eigenvalue weighted by Crippen LogP contribution is 2.14. The van der Waals surface area contributed by atoms with Gasteiger partial charge in [-0.05, 0) is 18.6 Å². The summed E-state index contributed by atoms with van der Waals surface area (Å²) in [7, 11) is 0. The number of aromatic nitrogens is 2. The van der Waals surface area contributed by atoms with Crippen LogP contribution in [0.5, 0.6) is 0 Å². The summed E-state index contributed by atoms with van der Waals surface area (Å²) < 4.78 is 1.90. The van der Waals surface area contributed by atoms with Crippen LogP contribution in [-0.2, 0) is 0 Å². The third-order valence-corrected chi connectivity index (χ3v) is 3.22. The van der Waals surface area contributed by atoms with Crippen molar-refractivity contribution in [2.24, 2.45) is 0 Å². The molecule has 2 heterocycles. The summed E-state index contributed by atoms with van der Waals surface area (Å²) in [6, 6.07) is 3.87. The fourth-order valence-corrected chi connectivity index (χ4v) is 2.19. The molecular weight excluding hydrogens is 234 g/mol. The van der Waals surface area contributed by atoms with Crippen LogP contribution in [0.3, 0.4) is 0 Å². The van der Waals surface area contributed by atoms with E-state index in [4.69, 9.17) is 0 Å². The zero-order valence-corrected chi connectivity index (χ0v) is 10.5. The van der Waals surface area contributed by atoms with Crippen molar-refractivity contribution in [3.8, 4) is 5.13 Å². The maximum absolute atomic E-state index is 11.7. The van der Waals surface area contributed by atoms with E-state index in [0.29, 0.717) is 12.2 Å². The number of thiazole rings is 1. The van der Waals surface area contributed by atoms with Crippen LogP contribution in [0.15, 0.2) is 29.9 Å². The fourth-order valence-electron chi connectivity index (χ4n) is 1.42. The van der Waals surface area contributed by atoms with Crippen LogP contribution in [0.25, 0.3) is 5.13 Å². The minimum Gasteiger partial charge on any atom is -0.351 e. The number of nitrogens with zero attached hydrogens (tertiary/aromatic N) is 2. The molecule has 1 N–H and O–H groups in total. The molecule has 0 fully saturated rings. The van der Waals surface area contributed by atoms with E-state index in [1.807, 2.05) is 29.1 Å². The highest BCUT2D eigenvalue weighted by atomic mass is 32.1. The third kappa shape index (κ3) is 2.94. The average molecular weight is 249 g/mol. The zero-order chi connectivity index (χ0) is 12.1. The SMILES string of the molecule is CCCCNC(=O)c1csc(-n2cccc2)n1. The largest absolute Gasteiger partial charge is 0.351 e. The van der Waals surface area contributed by atoms with Crippen LogP contribution in [-0.4, -0.2) is 22.0 Å². The van der Waals surface area contributed by atoms with Gasteiger partial charge in [-0.2, -0.15) is 0 Å². The Morgan fingerprint density at radius 1 is 1.47 bits per heavy atom. The molecule has 2 aromatic heterocycles. The van der Waals surface area contributed by atoms with Gasteiger partial charge in [-0.15, -0.1) is 11.3 Å². The van der Waals surface area contributed by atoms with E-state index >= 15 is 0 Å². The average Bonchev–Trinajstić information content (AvgIpc) is 3.00. The number of hydrogen-bond donors (Lipinski definition) is 1. The van der Waals surface area contributed by atoms with E-state index in [9.17, 15) is 4.79 Å². The lowest BCUT2D eigenvalue weighted by Gasteiger charge is -2.00. The number of carbonyl (C=O) groups is 1. The normalized spacial score (nSPS) is 10.4.